The number of rotatable bonds is 6. The number of quaternary nitrogens is 1. The molecule has 3 N–H and O–H groups in total. The number of anilines is 1. The number of nitrogens with two attached hydrogens (primary N) is 1. The van der Waals surface area contributed by atoms with Crippen molar-refractivity contribution in [1.82, 2.24) is 0 Å². The average Bonchev–Trinajstić information content (AvgIpc) is 3.40. The minimum absolute atomic E-state index is 0.0658. The van der Waals surface area contributed by atoms with E-state index in [4.69, 9.17) is 0 Å². The van der Waals surface area contributed by atoms with Gasteiger partial charge in [-0.25, -0.2) is 0 Å². The van der Waals surface area contributed by atoms with Gasteiger partial charge in [-0.3, -0.25) is 4.79 Å². The summed E-state index contributed by atoms with van der Waals surface area (Å²) in [6.07, 6.45) is 3.08. The zero-order valence-corrected chi connectivity index (χ0v) is 16.4. The Labute approximate surface area is 166 Å². The van der Waals surface area contributed by atoms with Gasteiger partial charge in [-0.2, -0.15) is 5.26 Å². The normalized spacial score (nSPS) is 13.7. The van der Waals surface area contributed by atoms with E-state index < -0.39 is 0 Å². The quantitative estimate of drug-likeness (QED) is 0.672. The minimum atomic E-state index is -0.0658. The molecule has 136 valence electrons. The van der Waals surface area contributed by atoms with E-state index in [0.29, 0.717) is 17.1 Å². The van der Waals surface area contributed by atoms with E-state index in [1.165, 1.54) is 15.3 Å². The summed E-state index contributed by atoms with van der Waals surface area (Å²) in [4.78, 5) is 15.1. The summed E-state index contributed by atoms with van der Waals surface area (Å²) in [6, 6.07) is 16.8. The third-order valence-electron chi connectivity index (χ3n) is 4.83. The molecule has 3 aromatic rings. The summed E-state index contributed by atoms with van der Waals surface area (Å²) in [7, 11) is 0. The van der Waals surface area contributed by atoms with Crippen LogP contribution in [0.15, 0.2) is 47.8 Å². The van der Waals surface area contributed by atoms with Crippen molar-refractivity contribution in [3.63, 3.8) is 0 Å². The summed E-state index contributed by atoms with van der Waals surface area (Å²) in [5.74, 6) is -0.0658. The van der Waals surface area contributed by atoms with Crippen LogP contribution in [0.4, 0.5) is 5.00 Å². The van der Waals surface area contributed by atoms with Crippen LogP contribution in [0.5, 0.6) is 0 Å². The average molecular weight is 395 g/mol. The van der Waals surface area contributed by atoms with E-state index in [1.54, 1.807) is 22.7 Å². The molecule has 0 saturated carbocycles. The highest BCUT2D eigenvalue weighted by Gasteiger charge is 2.24. The highest BCUT2D eigenvalue weighted by atomic mass is 32.1. The van der Waals surface area contributed by atoms with Crippen molar-refractivity contribution in [3.05, 3.63) is 74.3 Å². The maximum Gasteiger partial charge on any atom is 0.280 e. The summed E-state index contributed by atoms with van der Waals surface area (Å²) in [5.41, 5.74) is 2.99. The number of nitrogens with one attached hydrogen (secondary N) is 1. The van der Waals surface area contributed by atoms with Gasteiger partial charge in [0.2, 0.25) is 0 Å². The summed E-state index contributed by atoms with van der Waals surface area (Å²) < 4.78 is 0. The Morgan fingerprint density at radius 3 is 2.81 bits per heavy atom. The standard InChI is InChI=1S/C21H19N3OS2/c22-12-16-15-8-4-9-17(15)27-21(16)24-19(25)13-23-20(18-10-5-11-26-18)14-6-2-1-3-7-14/h1-3,5-7,10-11,20,23H,4,8-9,13H2,(H,24,25)/p+1/t20-/m1/s1. The highest BCUT2D eigenvalue weighted by Crippen LogP contribution is 2.38. The molecule has 0 unspecified atom stereocenters. The van der Waals surface area contributed by atoms with Gasteiger partial charge in [0, 0.05) is 10.4 Å². The molecule has 0 bridgehead atoms. The summed E-state index contributed by atoms with van der Waals surface area (Å²) in [5, 5.41) is 17.3. The van der Waals surface area contributed by atoms with E-state index in [9.17, 15) is 10.1 Å². The van der Waals surface area contributed by atoms with Crippen molar-refractivity contribution < 1.29 is 10.1 Å². The molecular formula is C21H20N3OS2+. The molecule has 27 heavy (non-hydrogen) atoms. The molecule has 1 aliphatic rings. The topological polar surface area (TPSA) is 69.5 Å². The lowest BCUT2D eigenvalue weighted by atomic mass is 10.1. The smallest absolute Gasteiger partial charge is 0.280 e. The molecule has 2 aromatic heterocycles. The molecule has 0 fully saturated rings. The minimum Gasteiger partial charge on any atom is -0.328 e. The molecule has 1 aromatic carbocycles. The number of aryl methyl sites for hydroxylation is 1. The molecule has 2 heterocycles. The van der Waals surface area contributed by atoms with Crippen molar-refractivity contribution in [2.75, 3.05) is 11.9 Å². The number of nitrogens with zero attached hydrogens (tertiary/aromatic N) is 1. The lowest BCUT2D eigenvalue weighted by Crippen LogP contribution is -2.87. The third kappa shape index (κ3) is 3.81. The molecule has 0 spiro atoms. The lowest BCUT2D eigenvalue weighted by Gasteiger charge is -2.14. The molecule has 4 rings (SSSR count). The highest BCUT2D eigenvalue weighted by molar-refractivity contribution is 7.16. The van der Waals surface area contributed by atoms with Gasteiger partial charge in [-0.1, -0.05) is 36.4 Å². The van der Waals surface area contributed by atoms with Crippen LogP contribution in [0.2, 0.25) is 0 Å². The summed E-state index contributed by atoms with van der Waals surface area (Å²) in [6.45, 7) is 0.310. The number of carbonyl (C=O) groups is 1. The first-order chi connectivity index (χ1) is 13.3. The Hall–Kier alpha value is -2.46. The zero-order valence-electron chi connectivity index (χ0n) is 14.8. The van der Waals surface area contributed by atoms with Gasteiger partial charge in [0.1, 0.15) is 17.1 Å². The van der Waals surface area contributed by atoms with Crippen LogP contribution in [0.25, 0.3) is 0 Å². The maximum atomic E-state index is 12.6. The van der Waals surface area contributed by atoms with Crippen LogP contribution in [-0.4, -0.2) is 12.5 Å². The molecule has 0 radical (unpaired) electrons. The van der Waals surface area contributed by atoms with E-state index in [2.05, 4.69) is 40.3 Å². The fraction of sp³-hybridized carbons (Fsp3) is 0.238. The molecular weight excluding hydrogens is 374 g/mol. The third-order valence-corrected chi connectivity index (χ3v) is 7.00. The van der Waals surface area contributed by atoms with Crippen LogP contribution in [0.3, 0.4) is 0 Å². The Kier molecular flexibility index (Phi) is 5.35. The van der Waals surface area contributed by atoms with Crippen molar-refractivity contribution in [1.29, 1.82) is 5.26 Å². The van der Waals surface area contributed by atoms with Gasteiger partial charge in [-0.05, 0) is 36.3 Å². The van der Waals surface area contributed by atoms with Crippen LogP contribution in [-0.2, 0) is 17.6 Å². The Morgan fingerprint density at radius 1 is 1.22 bits per heavy atom. The van der Waals surface area contributed by atoms with Gasteiger partial charge in [0.15, 0.2) is 6.54 Å². The van der Waals surface area contributed by atoms with Crippen LogP contribution < -0.4 is 10.6 Å². The monoisotopic (exact) mass is 394 g/mol. The summed E-state index contributed by atoms with van der Waals surface area (Å²) >= 11 is 3.26. The number of amides is 1. The predicted molar refractivity (Wildman–Crippen MR) is 109 cm³/mol. The number of hydrogen-bond acceptors (Lipinski definition) is 4. The van der Waals surface area contributed by atoms with E-state index in [0.717, 1.165) is 24.8 Å². The molecule has 1 atom stereocenters. The first-order valence-corrected chi connectivity index (χ1v) is 10.7. The lowest BCUT2D eigenvalue weighted by molar-refractivity contribution is -0.675. The van der Waals surface area contributed by atoms with E-state index >= 15 is 0 Å². The number of fused-ring (bicyclic) bond motifs is 1. The van der Waals surface area contributed by atoms with Crippen LogP contribution in [0, 0.1) is 11.3 Å². The van der Waals surface area contributed by atoms with Gasteiger partial charge in [0.25, 0.3) is 5.91 Å². The van der Waals surface area contributed by atoms with Gasteiger partial charge in [0.05, 0.1) is 10.4 Å². The van der Waals surface area contributed by atoms with E-state index in [1.807, 2.05) is 24.3 Å². The SMILES string of the molecule is N#Cc1c(NC(=O)C[NH2+][C@H](c2ccccc2)c2cccs2)sc2c1CCC2. The number of hydrogen-bond donors (Lipinski definition) is 2. The Bertz CT molecular complexity index is 971. The molecule has 4 nitrogen and oxygen atoms in total. The fourth-order valence-corrected chi connectivity index (χ4v) is 5.66. The van der Waals surface area contributed by atoms with Crippen LogP contribution in [0.1, 0.15) is 38.9 Å². The van der Waals surface area contributed by atoms with Gasteiger partial charge in [-0.15, -0.1) is 22.7 Å². The molecule has 0 saturated heterocycles. The number of nitriles is 1. The zero-order chi connectivity index (χ0) is 18.6. The van der Waals surface area contributed by atoms with Gasteiger partial charge < -0.3 is 10.6 Å². The van der Waals surface area contributed by atoms with Crippen molar-refractivity contribution >= 4 is 33.6 Å². The maximum absolute atomic E-state index is 12.6. The molecule has 0 aliphatic heterocycles. The second-order valence-corrected chi connectivity index (χ2v) is 8.65. The first kappa shape index (κ1) is 17.9. The van der Waals surface area contributed by atoms with Crippen molar-refractivity contribution in [3.8, 4) is 6.07 Å². The van der Waals surface area contributed by atoms with Crippen molar-refractivity contribution in [2.45, 2.75) is 25.3 Å². The van der Waals surface area contributed by atoms with Crippen LogP contribution >= 0.6 is 22.7 Å². The van der Waals surface area contributed by atoms with Gasteiger partial charge >= 0.3 is 0 Å². The largest absolute Gasteiger partial charge is 0.328 e. The molecule has 1 amide bonds. The predicted octanol–water partition coefficient (Wildman–Crippen LogP) is 3.46. The molecule has 1 aliphatic carbocycles. The van der Waals surface area contributed by atoms with Crippen molar-refractivity contribution in [2.24, 2.45) is 0 Å². The molecule has 6 heteroatoms. The Morgan fingerprint density at radius 2 is 2.07 bits per heavy atom. The number of benzene rings is 1. The number of thiophene rings is 2. The fourth-order valence-electron chi connectivity index (χ4n) is 3.56. The number of carbonyl (C=O) groups excluding carboxylic acids is 1. The Balaban J connectivity index is 1.46. The second kappa shape index (κ2) is 8.05. The second-order valence-electron chi connectivity index (χ2n) is 6.57. The first-order valence-electron chi connectivity index (χ1n) is 9.02. The van der Waals surface area contributed by atoms with E-state index in [-0.39, 0.29) is 11.9 Å².